The van der Waals surface area contributed by atoms with Crippen LogP contribution in [0.4, 0.5) is 0 Å². The van der Waals surface area contributed by atoms with Gasteiger partial charge >= 0.3 is 0 Å². The van der Waals surface area contributed by atoms with Crippen LogP contribution in [0.15, 0.2) is 29.6 Å². The molecule has 0 atom stereocenters. The highest BCUT2D eigenvalue weighted by Crippen LogP contribution is 2.25. The van der Waals surface area contributed by atoms with E-state index in [4.69, 9.17) is 12.2 Å². The number of benzene rings is 1. The molecule has 0 fully saturated rings. The molecule has 2 aromatic heterocycles. The Kier molecular flexibility index (Phi) is 3.85. The van der Waals surface area contributed by atoms with Crippen LogP contribution in [0, 0.1) is 4.77 Å². The molecule has 2 heterocycles. The van der Waals surface area contributed by atoms with Crippen molar-refractivity contribution < 1.29 is 4.79 Å². The third-order valence-electron chi connectivity index (χ3n) is 3.33. The molecule has 3 rings (SSSR count). The van der Waals surface area contributed by atoms with Crippen LogP contribution < -0.4 is 5.32 Å². The van der Waals surface area contributed by atoms with E-state index in [1.54, 1.807) is 11.3 Å². The Morgan fingerprint density at radius 1 is 1.48 bits per heavy atom. The van der Waals surface area contributed by atoms with Crippen LogP contribution in [-0.2, 0) is 13.5 Å². The number of aromatic nitrogens is 3. The van der Waals surface area contributed by atoms with E-state index in [9.17, 15) is 4.79 Å². The average Bonchev–Trinajstić information content (AvgIpc) is 3.05. The number of nitrogens with zero attached hydrogens (tertiary/aromatic N) is 2. The lowest BCUT2D eigenvalue weighted by atomic mass is 10.1. The van der Waals surface area contributed by atoms with Crippen molar-refractivity contribution in [2.24, 2.45) is 7.05 Å². The summed E-state index contributed by atoms with van der Waals surface area (Å²) in [4.78, 5) is 12.2. The van der Waals surface area contributed by atoms with Gasteiger partial charge in [-0.2, -0.15) is 5.10 Å². The second kappa shape index (κ2) is 5.79. The Balaban J connectivity index is 1.67. The first-order chi connectivity index (χ1) is 10.2. The molecule has 5 nitrogen and oxygen atoms in total. The largest absolute Gasteiger partial charge is 0.352 e. The van der Waals surface area contributed by atoms with Gasteiger partial charge in [-0.25, -0.2) is 0 Å². The maximum atomic E-state index is 12.2. The molecule has 0 bridgehead atoms. The van der Waals surface area contributed by atoms with Crippen LogP contribution in [0.2, 0.25) is 0 Å². The van der Waals surface area contributed by atoms with Gasteiger partial charge in [-0.15, -0.1) is 11.3 Å². The monoisotopic (exact) mass is 318 g/mol. The fraction of sp³-hybridized carbons (Fsp3) is 0.214. The summed E-state index contributed by atoms with van der Waals surface area (Å²) in [5, 5.41) is 12.7. The fourth-order valence-electron chi connectivity index (χ4n) is 2.14. The number of amides is 1. The zero-order valence-corrected chi connectivity index (χ0v) is 13.1. The quantitative estimate of drug-likeness (QED) is 0.727. The Morgan fingerprint density at radius 2 is 2.29 bits per heavy atom. The molecule has 1 aromatic carbocycles. The number of hydrogen-bond acceptors (Lipinski definition) is 4. The standard InChI is InChI=1S/C14H14N4OS2/c1-18-12(16-17-14(18)20)6-7-15-13(19)10-8-21-11-5-3-2-4-9(10)11/h2-5,8H,6-7H2,1H3,(H,15,19)(H,17,20). The van der Waals surface area contributed by atoms with Crippen molar-refractivity contribution in [2.45, 2.75) is 6.42 Å². The van der Waals surface area contributed by atoms with Crippen LogP contribution in [0.25, 0.3) is 10.1 Å². The minimum absolute atomic E-state index is 0.0516. The van der Waals surface area contributed by atoms with E-state index in [-0.39, 0.29) is 5.91 Å². The molecule has 0 aliphatic heterocycles. The van der Waals surface area contributed by atoms with Gasteiger partial charge in [0.2, 0.25) is 0 Å². The van der Waals surface area contributed by atoms with Gasteiger partial charge in [-0.1, -0.05) is 18.2 Å². The average molecular weight is 318 g/mol. The van der Waals surface area contributed by atoms with E-state index < -0.39 is 0 Å². The van der Waals surface area contributed by atoms with Crippen molar-refractivity contribution in [3.05, 3.63) is 45.8 Å². The number of rotatable bonds is 4. The highest BCUT2D eigenvalue weighted by atomic mass is 32.1. The molecule has 3 aromatic rings. The first-order valence-electron chi connectivity index (χ1n) is 6.51. The second-order valence-corrected chi connectivity index (χ2v) is 5.95. The molecule has 2 N–H and O–H groups in total. The van der Waals surface area contributed by atoms with Gasteiger partial charge in [-0.3, -0.25) is 9.89 Å². The molecule has 0 radical (unpaired) electrons. The first-order valence-corrected chi connectivity index (χ1v) is 7.80. The number of fused-ring (bicyclic) bond motifs is 1. The Hall–Kier alpha value is -1.99. The van der Waals surface area contributed by atoms with E-state index in [2.05, 4.69) is 15.5 Å². The zero-order chi connectivity index (χ0) is 14.8. The molecule has 0 saturated heterocycles. The third-order valence-corrected chi connectivity index (χ3v) is 4.66. The summed E-state index contributed by atoms with van der Waals surface area (Å²) >= 11 is 6.63. The summed E-state index contributed by atoms with van der Waals surface area (Å²) < 4.78 is 3.51. The van der Waals surface area contributed by atoms with E-state index in [0.717, 1.165) is 21.5 Å². The van der Waals surface area contributed by atoms with Gasteiger partial charge in [0.1, 0.15) is 5.82 Å². The molecule has 0 aliphatic carbocycles. The highest BCUT2D eigenvalue weighted by Gasteiger charge is 2.11. The Labute approximate surface area is 130 Å². The van der Waals surface area contributed by atoms with Crippen molar-refractivity contribution in [1.82, 2.24) is 20.1 Å². The van der Waals surface area contributed by atoms with Gasteiger partial charge in [0.05, 0.1) is 5.56 Å². The van der Waals surface area contributed by atoms with E-state index in [1.807, 2.05) is 41.3 Å². The van der Waals surface area contributed by atoms with Crippen LogP contribution in [-0.4, -0.2) is 27.2 Å². The van der Waals surface area contributed by atoms with Crippen LogP contribution in [0.3, 0.4) is 0 Å². The molecule has 108 valence electrons. The lowest BCUT2D eigenvalue weighted by Gasteiger charge is -2.04. The van der Waals surface area contributed by atoms with Crippen molar-refractivity contribution in [3.63, 3.8) is 0 Å². The highest BCUT2D eigenvalue weighted by molar-refractivity contribution is 7.71. The van der Waals surface area contributed by atoms with Crippen LogP contribution >= 0.6 is 23.6 Å². The van der Waals surface area contributed by atoms with Crippen molar-refractivity contribution in [2.75, 3.05) is 6.54 Å². The number of aromatic amines is 1. The predicted octanol–water partition coefficient (Wildman–Crippen LogP) is 2.66. The molecule has 0 saturated carbocycles. The van der Waals surface area contributed by atoms with E-state index >= 15 is 0 Å². The Morgan fingerprint density at radius 3 is 3.05 bits per heavy atom. The number of thiophene rings is 1. The fourth-order valence-corrected chi connectivity index (χ4v) is 3.23. The van der Waals surface area contributed by atoms with Crippen molar-refractivity contribution in [1.29, 1.82) is 0 Å². The van der Waals surface area contributed by atoms with Gasteiger partial charge in [-0.05, 0) is 18.3 Å². The van der Waals surface area contributed by atoms with Gasteiger partial charge < -0.3 is 9.88 Å². The van der Waals surface area contributed by atoms with Crippen LogP contribution in [0.5, 0.6) is 0 Å². The molecule has 0 spiro atoms. The summed E-state index contributed by atoms with van der Waals surface area (Å²) in [6.07, 6.45) is 0.636. The third kappa shape index (κ3) is 2.74. The number of carbonyl (C=O) groups is 1. The summed E-state index contributed by atoms with van der Waals surface area (Å²) in [6.45, 7) is 0.524. The Bertz CT molecular complexity index is 846. The number of nitrogens with one attached hydrogen (secondary N) is 2. The van der Waals surface area contributed by atoms with Crippen molar-refractivity contribution >= 4 is 39.5 Å². The molecule has 0 unspecified atom stereocenters. The normalized spacial score (nSPS) is 10.9. The van der Waals surface area contributed by atoms with Gasteiger partial charge in [0.15, 0.2) is 4.77 Å². The topological polar surface area (TPSA) is 62.7 Å². The number of carbonyl (C=O) groups excluding carboxylic acids is 1. The first kappa shape index (κ1) is 14.0. The molecule has 21 heavy (non-hydrogen) atoms. The lowest BCUT2D eigenvalue weighted by molar-refractivity contribution is 0.0956. The maximum absolute atomic E-state index is 12.2. The summed E-state index contributed by atoms with van der Waals surface area (Å²) in [7, 11) is 1.86. The summed E-state index contributed by atoms with van der Waals surface area (Å²) in [5.74, 6) is 0.778. The van der Waals surface area contributed by atoms with Crippen molar-refractivity contribution in [3.8, 4) is 0 Å². The summed E-state index contributed by atoms with van der Waals surface area (Å²) in [6, 6.07) is 7.91. The minimum Gasteiger partial charge on any atom is -0.352 e. The second-order valence-electron chi connectivity index (χ2n) is 4.66. The lowest BCUT2D eigenvalue weighted by Crippen LogP contribution is -2.26. The van der Waals surface area contributed by atoms with Crippen LogP contribution in [0.1, 0.15) is 16.2 Å². The SMILES string of the molecule is Cn1c(CCNC(=O)c2csc3ccccc23)n[nH]c1=S. The minimum atomic E-state index is -0.0516. The zero-order valence-electron chi connectivity index (χ0n) is 11.4. The van der Waals surface area contributed by atoms with Gasteiger partial charge in [0, 0.05) is 35.5 Å². The smallest absolute Gasteiger partial charge is 0.252 e. The van der Waals surface area contributed by atoms with E-state index in [1.165, 1.54) is 0 Å². The van der Waals surface area contributed by atoms with Gasteiger partial charge in [0.25, 0.3) is 5.91 Å². The molecule has 0 aliphatic rings. The molecule has 1 amide bonds. The molecule has 7 heteroatoms. The van der Waals surface area contributed by atoms with E-state index in [0.29, 0.717) is 17.7 Å². The number of H-pyrrole nitrogens is 1. The summed E-state index contributed by atoms with van der Waals surface area (Å²) in [5.41, 5.74) is 0.728. The molecular formula is C14H14N4OS2. The number of hydrogen-bond donors (Lipinski definition) is 2. The molecular weight excluding hydrogens is 304 g/mol. The maximum Gasteiger partial charge on any atom is 0.252 e. The predicted molar refractivity (Wildman–Crippen MR) is 86.3 cm³/mol.